The van der Waals surface area contributed by atoms with Crippen LogP contribution in [0.3, 0.4) is 0 Å². The maximum Gasteiger partial charge on any atom is 0.225 e. The van der Waals surface area contributed by atoms with E-state index in [1.807, 2.05) is 12.1 Å². The molecular formula is C27H31N5OS. The molecule has 4 aromatic rings. The van der Waals surface area contributed by atoms with Gasteiger partial charge in [0.05, 0.1) is 22.0 Å². The van der Waals surface area contributed by atoms with E-state index in [9.17, 15) is 5.11 Å². The van der Waals surface area contributed by atoms with Crippen molar-refractivity contribution in [2.45, 2.75) is 64.0 Å². The summed E-state index contributed by atoms with van der Waals surface area (Å²) in [7, 11) is 0. The van der Waals surface area contributed by atoms with Crippen LogP contribution in [0.1, 0.15) is 62.3 Å². The Labute approximate surface area is 204 Å². The number of aromatic nitrogens is 3. The first kappa shape index (κ1) is 22.7. The van der Waals surface area contributed by atoms with E-state index in [-0.39, 0.29) is 12.1 Å². The van der Waals surface area contributed by atoms with E-state index in [4.69, 9.17) is 15.0 Å². The van der Waals surface area contributed by atoms with Crippen LogP contribution in [0, 0.1) is 0 Å². The molecule has 0 aliphatic heterocycles. The highest BCUT2D eigenvalue weighted by Crippen LogP contribution is 2.31. The summed E-state index contributed by atoms with van der Waals surface area (Å²) in [5, 5.41) is 17.6. The van der Waals surface area contributed by atoms with E-state index in [0.717, 1.165) is 54.3 Å². The Kier molecular flexibility index (Phi) is 6.74. The third-order valence-corrected chi connectivity index (χ3v) is 7.28. The third kappa shape index (κ3) is 5.54. The van der Waals surface area contributed by atoms with Crippen LogP contribution < -0.4 is 10.6 Å². The molecule has 2 aromatic carbocycles. The van der Waals surface area contributed by atoms with Crippen LogP contribution >= 0.6 is 11.3 Å². The number of fused-ring (bicyclic) bond motifs is 1. The van der Waals surface area contributed by atoms with Gasteiger partial charge in [-0.2, -0.15) is 4.98 Å². The predicted octanol–water partition coefficient (Wildman–Crippen LogP) is 6.26. The summed E-state index contributed by atoms with van der Waals surface area (Å²) < 4.78 is 1.17. The fraction of sp³-hybridized carbons (Fsp3) is 0.370. The van der Waals surface area contributed by atoms with Gasteiger partial charge in [0.25, 0.3) is 0 Å². The molecule has 0 spiro atoms. The third-order valence-electron chi connectivity index (χ3n) is 6.35. The average molecular weight is 474 g/mol. The lowest BCUT2D eigenvalue weighted by molar-refractivity contribution is 0.126. The van der Waals surface area contributed by atoms with Gasteiger partial charge in [-0.05, 0) is 54.9 Å². The highest BCUT2D eigenvalue weighted by atomic mass is 32.1. The Morgan fingerprint density at radius 1 is 0.971 bits per heavy atom. The molecule has 0 amide bonds. The van der Waals surface area contributed by atoms with Crippen LogP contribution in [0.5, 0.6) is 0 Å². The average Bonchev–Trinajstić information content (AvgIpc) is 3.22. The monoisotopic (exact) mass is 473 g/mol. The summed E-state index contributed by atoms with van der Waals surface area (Å²) in [6, 6.07) is 19.1. The SMILES string of the molecule is CC(C)c1ccc2nc(Nc3cc(Cc4ccccc4)nc(N[C@H]4CC[C@H](O)CC4)n3)sc2c1. The second-order valence-corrected chi connectivity index (χ2v) is 10.4. The molecule has 1 fully saturated rings. The largest absolute Gasteiger partial charge is 0.393 e. The molecule has 0 atom stereocenters. The van der Waals surface area contributed by atoms with Crippen molar-refractivity contribution >= 4 is 38.5 Å². The van der Waals surface area contributed by atoms with Crippen LogP contribution in [-0.2, 0) is 6.42 Å². The minimum absolute atomic E-state index is 0.184. The number of aliphatic hydroxyl groups is 1. The summed E-state index contributed by atoms with van der Waals surface area (Å²) in [4.78, 5) is 14.4. The number of nitrogens with zero attached hydrogens (tertiary/aromatic N) is 3. The molecule has 1 saturated carbocycles. The van der Waals surface area contributed by atoms with E-state index in [0.29, 0.717) is 11.9 Å². The fourth-order valence-corrected chi connectivity index (χ4v) is 5.31. The lowest BCUT2D eigenvalue weighted by Crippen LogP contribution is -2.29. The molecule has 0 bridgehead atoms. The van der Waals surface area contributed by atoms with Crippen molar-refractivity contribution in [2.75, 3.05) is 10.6 Å². The zero-order valence-corrected chi connectivity index (χ0v) is 20.5. The highest BCUT2D eigenvalue weighted by molar-refractivity contribution is 7.22. The molecule has 176 valence electrons. The number of hydrogen-bond donors (Lipinski definition) is 3. The first-order chi connectivity index (χ1) is 16.5. The van der Waals surface area contributed by atoms with Crippen LogP contribution in [0.25, 0.3) is 10.2 Å². The molecule has 0 unspecified atom stereocenters. The maximum absolute atomic E-state index is 9.84. The summed E-state index contributed by atoms with van der Waals surface area (Å²) in [5.41, 5.74) is 4.47. The van der Waals surface area contributed by atoms with Gasteiger partial charge in [-0.1, -0.05) is 61.6 Å². The number of rotatable bonds is 7. The minimum Gasteiger partial charge on any atom is -0.393 e. The highest BCUT2D eigenvalue weighted by Gasteiger charge is 2.20. The quantitative estimate of drug-likeness (QED) is 0.294. The Balaban J connectivity index is 1.41. The standard InChI is InChI=1S/C27H31N5OS/c1-17(2)19-8-13-23-24(15-19)34-27(30-23)32-25-16-21(14-18-6-4-3-5-7-18)29-26(31-25)28-20-9-11-22(33)12-10-20/h3-8,13,15-17,20,22,33H,9-12,14H2,1-2H3,(H2,28,29,30,31,32)/t20-,22-. The molecule has 2 aromatic heterocycles. The molecule has 6 nitrogen and oxygen atoms in total. The smallest absolute Gasteiger partial charge is 0.225 e. The normalized spacial score (nSPS) is 18.4. The number of anilines is 3. The first-order valence-electron chi connectivity index (χ1n) is 12.1. The Bertz CT molecular complexity index is 1250. The zero-order valence-electron chi connectivity index (χ0n) is 19.7. The van der Waals surface area contributed by atoms with Gasteiger partial charge in [0.15, 0.2) is 5.13 Å². The van der Waals surface area contributed by atoms with Crippen molar-refractivity contribution in [1.82, 2.24) is 15.0 Å². The van der Waals surface area contributed by atoms with Gasteiger partial charge in [-0.3, -0.25) is 0 Å². The molecule has 2 heterocycles. The number of benzene rings is 2. The number of nitrogens with one attached hydrogen (secondary N) is 2. The first-order valence-corrected chi connectivity index (χ1v) is 12.9. The summed E-state index contributed by atoms with van der Waals surface area (Å²) >= 11 is 1.64. The maximum atomic E-state index is 9.84. The van der Waals surface area contributed by atoms with Crippen molar-refractivity contribution in [3.63, 3.8) is 0 Å². The van der Waals surface area contributed by atoms with E-state index in [2.05, 4.69) is 66.9 Å². The van der Waals surface area contributed by atoms with Crippen molar-refractivity contribution in [2.24, 2.45) is 0 Å². The van der Waals surface area contributed by atoms with Gasteiger partial charge in [0.2, 0.25) is 5.95 Å². The molecule has 34 heavy (non-hydrogen) atoms. The fourth-order valence-electron chi connectivity index (χ4n) is 4.39. The second-order valence-electron chi connectivity index (χ2n) is 9.41. The zero-order chi connectivity index (χ0) is 23.5. The van der Waals surface area contributed by atoms with E-state index in [1.165, 1.54) is 15.8 Å². The summed E-state index contributed by atoms with van der Waals surface area (Å²) in [6.07, 6.45) is 4.02. The molecule has 7 heteroatoms. The Morgan fingerprint density at radius 2 is 1.76 bits per heavy atom. The topological polar surface area (TPSA) is 83.0 Å². The summed E-state index contributed by atoms with van der Waals surface area (Å²) in [5.74, 6) is 1.85. The van der Waals surface area contributed by atoms with Gasteiger partial charge in [0, 0.05) is 18.5 Å². The number of hydrogen-bond acceptors (Lipinski definition) is 7. The van der Waals surface area contributed by atoms with Crippen LogP contribution in [0.4, 0.5) is 16.9 Å². The van der Waals surface area contributed by atoms with Gasteiger partial charge in [-0.15, -0.1) is 0 Å². The predicted molar refractivity (Wildman–Crippen MR) is 140 cm³/mol. The number of thiazole rings is 1. The van der Waals surface area contributed by atoms with Crippen molar-refractivity contribution in [3.8, 4) is 0 Å². The van der Waals surface area contributed by atoms with Crippen molar-refractivity contribution < 1.29 is 5.11 Å². The van der Waals surface area contributed by atoms with Crippen molar-refractivity contribution in [3.05, 3.63) is 71.4 Å². The molecule has 5 rings (SSSR count). The Hall–Kier alpha value is -3.03. The molecule has 1 aliphatic carbocycles. The van der Waals surface area contributed by atoms with E-state index >= 15 is 0 Å². The lowest BCUT2D eigenvalue weighted by Gasteiger charge is -2.26. The van der Waals surface area contributed by atoms with Gasteiger partial charge >= 0.3 is 0 Å². The van der Waals surface area contributed by atoms with Crippen LogP contribution in [0.2, 0.25) is 0 Å². The molecular weight excluding hydrogens is 442 g/mol. The lowest BCUT2D eigenvalue weighted by atomic mass is 9.93. The number of aliphatic hydroxyl groups excluding tert-OH is 1. The van der Waals surface area contributed by atoms with E-state index in [1.54, 1.807) is 11.3 Å². The van der Waals surface area contributed by atoms with Gasteiger partial charge < -0.3 is 15.7 Å². The Morgan fingerprint density at radius 3 is 2.53 bits per heavy atom. The minimum atomic E-state index is -0.184. The van der Waals surface area contributed by atoms with Crippen LogP contribution in [-0.4, -0.2) is 32.2 Å². The molecule has 0 radical (unpaired) electrons. The second kappa shape index (κ2) is 10.1. The molecule has 1 aliphatic rings. The van der Waals surface area contributed by atoms with Crippen LogP contribution in [0.15, 0.2) is 54.6 Å². The van der Waals surface area contributed by atoms with E-state index < -0.39 is 0 Å². The van der Waals surface area contributed by atoms with Crippen molar-refractivity contribution in [1.29, 1.82) is 0 Å². The molecule has 3 N–H and O–H groups in total. The van der Waals surface area contributed by atoms with Gasteiger partial charge in [-0.25, -0.2) is 9.97 Å². The summed E-state index contributed by atoms with van der Waals surface area (Å²) in [6.45, 7) is 4.41. The van der Waals surface area contributed by atoms with Gasteiger partial charge in [0.1, 0.15) is 5.82 Å². The molecule has 0 saturated heterocycles.